The monoisotopic (exact) mass is 168 g/mol. The van der Waals surface area contributed by atoms with E-state index in [1.807, 2.05) is 0 Å². The molecule has 70 valence electrons. The number of hydrogen-bond donors (Lipinski definition) is 1. The molecule has 0 spiro atoms. The minimum absolute atomic E-state index is 0.309. The normalized spacial score (nSPS) is 30.7. The van der Waals surface area contributed by atoms with Crippen LogP contribution in [-0.4, -0.2) is 11.7 Å². The number of rotatable bonds is 1. The zero-order valence-electron chi connectivity index (χ0n) is 8.38. The van der Waals surface area contributed by atoms with Gasteiger partial charge in [-0.05, 0) is 24.2 Å². The number of aliphatic hydroxyl groups excluding tert-OH is 1. The third kappa shape index (κ3) is 2.34. The predicted molar refractivity (Wildman–Crippen MR) is 51.9 cm³/mol. The van der Waals surface area contributed by atoms with Gasteiger partial charge >= 0.3 is 0 Å². The highest BCUT2D eigenvalue weighted by Crippen LogP contribution is 2.36. The minimum atomic E-state index is 0.309. The molecule has 1 aliphatic rings. The summed E-state index contributed by atoms with van der Waals surface area (Å²) < 4.78 is 0. The lowest BCUT2D eigenvalue weighted by molar-refractivity contribution is 0.162. The van der Waals surface area contributed by atoms with E-state index in [0.717, 1.165) is 12.3 Å². The Hall–Kier alpha value is -0.300. The number of allylic oxidation sites excluding steroid dienone is 1. The van der Waals surface area contributed by atoms with Crippen LogP contribution in [0.1, 0.15) is 33.6 Å². The molecule has 12 heavy (non-hydrogen) atoms. The fourth-order valence-electron chi connectivity index (χ4n) is 1.82. The number of aliphatic hydroxyl groups is 1. The highest BCUT2D eigenvalue weighted by molar-refractivity contribution is 4.98. The second-order valence-corrected chi connectivity index (χ2v) is 4.91. The van der Waals surface area contributed by atoms with Gasteiger partial charge in [-0.15, -0.1) is 0 Å². The zero-order chi connectivity index (χ0) is 9.19. The van der Waals surface area contributed by atoms with Crippen LogP contribution in [0.5, 0.6) is 0 Å². The molecular weight excluding hydrogens is 148 g/mol. The maximum Gasteiger partial charge on any atom is 0.0493 e. The Kier molecular flexibility index (Phi) is 2.94. The van der Waals surface area contributed by atoms with Gasteiger partial charge in [-0.25, -0.2) is 0 Å². The molecule has 0 fully saturated rings. The lowest BCUT2D eigenvalue weighted by atomic mass is 9.72. The largest absolute Gasteiger partial charge is 0.396 e. The van der Waals surface area contributed by atoms with Gasteiger partial charge in [0.15, 0.2) is 0 Å². The van der Waals surface area contributed by atoms with E-state index in [0.29, 0.717) is 17.9 Å². The van der Waals surface area contributed by atoms with Gasteiger partial charge in [-0.3, -0.25) is 0 Å². The zero-order valence-corrected chi connectivity index (χ0v) is 8.38. The summed E-state index contributed by atoms with van der Waals surface area (Å²) in [4.78, 5) is 0. The molecule has 1 aliphatic carbocycles. The Balaban J connectivity index is 2.56. The summed E-state index contributed by atoms with van der Waals surface area (Å²) in [6.07, 6.45) is 6.71. The SMILES string of the molecule is CC(C)(C)C1CC=CC(CO)C1. The van der Waals surface area contributed by atoms with Crippen LogP contribution in [-0.2, 0) is 0 Å². The minimum Gasteiger partial charge on any atom is -0.396 e. The van der Waals surface area contributed by atoms with Gasteiger partial charge in [-0.2, -0.15) is 0 Å². The van der Waals surface area contributed by atoms with Crippen LogP contribution in [0.15, 0.2) is 12.2 Å². The predicted octanol–water partition coefficient (Wildman–Crippen LogP) is 2.61. The van der Waals surface area contributed by atoms with Crippen molar-refractivity contribution in [1.29, 1.82) is 0 Å². The topological polar surface area (TPSA) is 20.2 Å². The van der Waals surface area contributed by atoms with Crippen LogP contribution in [0.4, 0.5) is 0 Å². The molecule has 1 N–H and O–H groups in total. The second-order valence-electron chi connectivity index (χ2n) is 4.91. The molecule has 2 atom stereocenters. The maximum absolute atomic E-state index is 9.02. The first kappa shape index (κ1) is 9.79. The molecule has 0 aliphatic heterocycles. The van der Waals surface area contributed by atoms with Crippen LogP contribution < -0.4 is 0 Å². The molecule has 1 nitrogen and oxygen atoms in total. The molecule has 0 saturated heterocycles. The second kappa shape index (κ2) is 3.61. The summed E-state index contributed by atoms with van der Waals surface area (Å²) in [5, 5.41) is 9.02. The highest BCUT2D eigenvalue weighted by Gasteiger charge is 2.27. The third-order valence-electron chi connectivity index (χ3n) is 2.88. The van der Waals surface area contributed by atoms with Gasteiger partial charge in [-0.1, -0.05) is 32.9 Å². The van der Waals surface area contributed by atoms with E-state index in [1.165, 1.54) is 6.42 Å². The molecule has 0 aromatic heterocycles. The van der Waals surface area contributed by atoms with Gasteiger partial charge in [0, 0.05) is 12.5 Å². The van der Waals surface area contributed by atoms with Crippen molar-refractivity contribution in [3.8, 4) is 0 Å². The van der Waals surface area contributed by atoms with E-state index < -0.39 is 0 Å². The molecular formula is C11H20O. The smallest absolute Gasteiger partial charge is 0.0493 e. The fourth-order valence-corrected chi connectivity index (χ4v) is 1.82. The van der Waals surface area contributed by atoms with Gasteiger partial charge < -0.3 is 5.11 Å². The quantitative estimate of drug-likeness (QED) is 0.597. The molecule has 0 radical (unpaired) electrons. The van der Waals surface area contributed by atoms with E-state index in [1.54, 1.807) is 0 Å². The molecule has 2 unspecified atom stereocenters. The molecule has 0 heterocycles. The van der Waals surface area contributed by atoms with Gasteiger partial charge in [0.1, 0.15) is 0 Å². The van der Waals surface area contributed by atoms with E-state index in [2.05, 4.69) is 32.9 Å². The van der Waals surface area contributed by atoms with Crippen molar-refractivity contribution in [2.24, 2.45) is 17.3 Å². The molecule has 1 heteroatoms. The molecule has 0 aromatic rings. The summed E-state index contributed by atoms with van der Waals surface area (Å²) in [6, 6.07) is 0. The molecule has 1 rings (SSSR count). The van der Waals surface area contributed by atoms with Gasteiger partial charge in [0.2, 0.25) is 0 Å². The number of hydrogen-bond acceptors (Lipinski definition) is 1. The van der Waals surface area contributed by atoms with E-state index >= 15 is 0 Å². The van der Waals surface area contributed by atoms with E-state index in [-0.39, 0.29) is 0 Å². The average Bonchev–Trinajstić information content (AvgIpc) is 2.03. The van der Waals surface area contributed by atoms with Crippen LogP contribution in [0.2, 0.25) is 0 Å². The molecule has 0 bridgehead atoms. The highest BCUT2D eigenvalue weighted by atomic mass is 16.3. The summed E-state index contributed by atoms with van der Waals surface area (Å²) in [5.41, 5.74) is 0.387. The third-order valence-corrected chi connectivity index (χ3v) is 2.88. The van der Waals surface area contributed by atoms with E-state index in [9.17, 15) is 0 Å². The molecule has 0 saturated carbocycles. The summed E-state index contributed by atoms with van der Waals surface area (Å²) in [7, 11) is 0. The van der Waals surface area contributed by atoms with E-state index in [4.69, 9.17) is 5.11 Å². The first-order valence-corrected chi connectivity index (χ1v) is 4.81. The maximum atomic E-state index is 9.02. The first-order chi connectivity index (χ1) is 5.54. The van der Waals surface area contributed by atoms with Crippen LogP contribution in [0.3, 0.4) is 0 Å². The standard InChI is InChI=1S/C11H20O/c1-11(2,3)10-6-4-5-9(7-10)8-12/h4-5,9-10,12H,6-8H2,1-3H3. The van der Waals surface area contributed by atoms with Crippen molar-refractivity contribution < 1.29 is 5.11 Å². The lowest BCUT2D eigenvalue weighted by Gasteiger charge is -2.34. The van der Waals surface area contributed by atoms with Crippen molar-refractivity contribution in [2.45, 2.75) is 33.6 Å². The lowest BCUT2D eigenvalue weighted by Crippen LogP contribution is -2.25. The van der Waals surface area contributed by atoms with Crippen molar-refractivity contribution >= 4 is 0 Å². The average molecular weight is 168 g/mol. The van der Waals surface area contributed by atoms with Crippen molar-refractivity contribution in [3.63, 3.8) is 0 Å². The van der Waals surface area contributed by atoms with Crippen LogP contribution in [0, 0.1) is 17.3 Å². The molecule has 0 aromatic carbocycles. The van der Waals surface area contributed by atoms with Gasteiger partial charge in [0.05, 0.1) is 0 Å². The first-order valence-electron chi connectivity index (χ1n) is 4.81. The van der Waals surface area contributed by atoms with Crippen molar-refractivity contribution in [1.82, 2.24) is 0 Å². The summed E-state index contributed by atoms with van der Waals surface area (Å²) in [5.74, 6) is 1.14. The Morgan fingerprint density at radius 1 is 1.42 bits per heavy atom. The van der Waals surface area contributed by atoms with Crippen LogP contribution in [0.25, 0.3) is 0 Å². The Bertz CT molecular complexity index is 164. The van der Waals surface area contributed by atoms with Crippen LogP contribution >= 0.6 is 0 Å². The Morgan fingerprint density at radius 2 is 2.08 bits per heavy atom. The summed E-state index contributed by atoms with van der Waals surface area (Å²) >= 11 is 0. The Morgan fingerprint density at radius 3 is 2.58 bits per heavy atom. The van der Waals surface area contributed by atoms with Crippen molar-refractivity contribution in [3.05, 3.63) is 12.2 Å². The molecule has 0 amide bonds. The fraction of sp³-hybridized carbons (Fsp3) is 0.818. The summed E-state index contributed by atoms with van der Waals surface area (Å²) in [6.45, 7) is 7.16. The van der Waals surface area contributed by atoms with Crippen molar-refractivity contribution in [2.75, 3.05) is 6.61 Å². The Labute approximate surface area is 75.5 Å². The van der Waals surface area contributed by atoms with Gasteiger partial charge in [0.25, 0.3) is 0 Å².